The van der Waals surface area contributed by atoms with E-state index in [0.29, 0.717) is 0 Å². The van der Waals surface area contributed by atoms with Crippen molar-refractivity contribution < 1.29 is 4.42 Å². The molecule has 0 aliphatic rings. The number of hydrogen-bond donors (Lipinski definition) is 0. The van der Waals surface area contributed by atoms with Gasteiger partial charge < -0.3 is 9.32 Å². The molecule has 0 spiro atoms. The van der Waals surface area contributed by atoms with Crippen molar-refractivity contribution in [3.8, 4) is 55.8 Å². The lowest BCUT2D eigenvalue weighted by Gasteiger charge is -2.27. The first-order valence-electron chi connectivity index (χ1n) is 19.1. The van der Waals surface area contributed by atoms with E-state index in [1.165, 1.54) is 49.7 Å². The van der Waals surface area contributed by atoms with Crippen molar-refractivity contribution in [2.45, 2.75) is 0 Å². The van der Waals surface area contributed by atoms with E-state index in [2.05, 4.69) is 217 Å². The summed E-state index contributed by atoms with van der Waals surface area (Å²) in [5.74, 6) is 0.837. The Labute approximate surface area is 327 Å². The van der Waals surface area contributed by atoms with Gasteiger partial charge in [0.25, 0.3) is 0 Å². The Morgan fingerprint density at radius 2 is 0.786 bits per heavy atom. The summed E-state index contributed by atoms with van der Waals surface area (Å²) in [5.41, 5.74) is 14.6. The van der Waals surface area contributed by atoms with E-state index >= 15 is 0 Å². The minimum atomic E-state index is 0.837. The zero-order chi connectivity index (χ0) is 37.3. The van der Waals surface area contributed by atoms with E-state index in [4.69, 9.17) is 4.42 Å². The predicted octanol–water partition coefficient (Wildman–Crippen LogP) is 15.4. The van der Waals surface area contributed by atoms with Crippen LogP contribution in [0.25, 0.3) is 77.6 Å². The van der Waals surface area contributed by atoms with E-state index in [9.17, 15) is 0 Å². The van der Waals surface area contributed by atoms with Gasteiger partial charge in [-0.3, -0.25) is 0 Å². The van der Waals surface area contributed by atoms with Gasteiger partial charge in [-0.15, -0.1) is 0 Å². The number of nitrogens with zero attached hydrogens (tertiary/aromatic N) is 1. The summed E-state index contributed by atoms with van der Waals surface area (Å²) in [6, 6.07) is 80.0. The maximum absolute atomic E-state index is 6.46. The van der Waals surface area contributed by atoms with Gasteiger partial charge >= 0.3 is 0 Å². The van der Waals surface area contributed by atoms with E-state index in [-0.39, 0.29) is 0 Å². The standard InChI is InChI=1S/C54H37NO/c1-2-12-38(13-3-1)44-17-10-18-45(36-44)41-30-34-48(35-31-41)55(52-22-8-7-20-51(52)54-37-46-15-5-9-23-53(46)56-54)47-32-28-40(29-33-47)39-24-26-43(27-25-39)50-21-11-16-42-14-4-6-19-49(42)50/h1-37H. The Morgan fingerprint density at radius 3 is 1.50 bits per heavy atom. The Morgan fingerprint density at radius 1 is 0.304 bits per heavy atom. The fourth-order valence-electron chi connectivity index (χ4n) is 7.85. The van der Waals surface area contributed by atoms with Gasteiger partial charge in [0, 0.05) is 22.3 Å². The molecule has 0 atom stereocenters. The van der Waals surface area contributed by atoms with Crippen LogP contribution in [0.2, 0.25) is 0 Å². The molecule has 0 N–H and O–H groups in total. The average Bonchev–Trinajstić information content (AvgIpc) is 3.72. The van der Waals surface area contributed by atoms with Crippen molar-refractivity contribution in [1.82, 2.24) is 0 Å². The highest BCUT2D eigenvalue weighted by Gasteiger charge is 2.19. The molecule has 2 heteroatoms. The highest BCUT2D eigenvalue weighted by molar-refractivity contribution is 5.97. The molecule has 1 heterocycles. The maximum Gasteiger partial charge on any atom is 0.137 e. The van der Waals surface area contributed by atoms with Crippen LogP contribution in [0.5, 0.6) is 0 Å². The molecule has 10 aromatic rings. The first-order chi connectivity index (χ1) is 27.7. The number of rotatable bonds is 8. The molecule has 0 fully saturated rings. The zero-order valence-electron chi connectivity index (χ0n) is 30.7. The van der Waals surface area contributed by atoms with Gasteiger partial charge in [0.05, 0.1) is 5.69 Å². The second kappa shape index (κ2) is 14.4. The van der Waals surface area contributed by atoms with Crippen molar-refractivity contribution in [2.75, 3.05) is 4.90 Å². The Kier molecular flexibility index (Phi) is 8.55. The van der Waals surface area contributed by atoms with Gasteiger partial charge in [-0.25, -0.2) is 0 Å². The van der Waals surface area contributed by atoms with Crippen molar-refractivity contribution >= 4 is 38.8 Å². The van der Waals surface area contributed by atoms with Gasteiger partial charge in [-0.05, 0) is 110 Å². The van der Waals surface area contributed by atoms with Crippen molar-refractivity contribution in [2.24, 2.45) is 0 Å². The van der Waals surface area contributed by atoms with Crippen LogP contribution in [0.15, 0.2) is 229 Å². The van der Waals surface area contributed by atoms with Gasteiger partial charge in [-0.1, -0.05) is 170 Å². The van der Waals surface area contributed by atoms with Gasteiger partial charge in [0.1, 0.15) is 11.3 Å². The number of fused-ring (bicyclic) bond motifs is 2. The van der Waals surface area contributed by atoms with E-state index < -0.39 is 0 Å². The van der Waals surface area contributed by atoms with Crippen LogP contribution >= 0.6 is 0 Å². The molecule has 1 aromatic heterocycles. The maximum atomic E-state index is 6.46. The summed E-state index contributed by atoms with van der Waals surface area (Å²) < 4.78 is 6.46. The van der Waals surface area contributed by atoms with Crippen molar-refractivity contribution in [1.29, 1.82) is 0 Å². The molecule has 0 unspecified atom stereocenters. The molecular formula is C54H37NO. The first kappa shape index (κ1) is 33.2. The highest BCUT2D eigenvalue weighted by atomic mass is 16.3. The summed E-state index contributed by atoms with van der Waals surface area (Å²) in [7, 11) is 0. The van der Waals surface area contributed by atoms with Crippen LogP contribution in [-0.4, -0.2) is 0 Å². The molecule has 9 aromatic carbocycles. The molecule has 264 valence electrons. The number of furan rings is 1. The third kappa shape index (κ3) is 6.34. The lowest BCUT2D eigenvalue weighted by atomic mass is 9.96. The topological polar surface area (TPSA) is 16.4 Å². The van der Waals surface area contributed by atoms with Crippen molar-refractivity contribution in [3.63, 3.8) is 0 Å². The fraction of sp³-hybridized carbons (Fsp3) is 0. The van der Waals surface area contributed by atoms with Crippen molar-refractivity contribution in [3.05, 3.63) is 224 Å². The monoisotopic (exact) mass is 715 g/mol. The number of anilines is 3. The van der Waals surface area contributed by atoms with E-state index in [0.717, 1.165) is 44.9 Å². The molecule has 0 amide bonds. The summed E-state index contributed by atoms with van der Waals surface area (Å²) in [6.45, 7) is 0. The smallest absolute Gasteiger partial charge is 0.137 e. The number of para-hydroxylation sites is 2. The predicted molar refractivity (Wildman–Crippen MR) is 236 cm³/mol. The van der Waals surface area contributed by atoms with Crippen LogP contribution in [0.4, 0.5) is 17.1 Å². The van der Waals surface area contributed by atoms with Crippen LogP contribution in [0, 0.1) is 0 Å². The average molecular weight is 716 g/mol. The number of hydrogen-bond acceptors (Lipinski definition) is 2. The summed E-state index contributed by atoms with van der Waals surface area (Å²) >= 11 is 0. The minimum Gasteiger partial charge on any atom is -0.456 e. The van der Waals surface area contributed by atoms with Crippen LogP contribution in [0.1, 0.15) is 0 Å². The molecule has 2 nitrogen and oxygen atoms in total. The SMILES string of the molecule is c1ccc(-c2cccc(-c3ccc(N(c4ccc(-c5ccc(-c6cccc7ccccc67)cc5)cc4)c4ccccc4-c4cc5ccccc5o4)cc3)c2)cc1. The quantitative estimate of drug-likeness (QED) is 0.156. The summed E-state index contributed by atoms with van der Waals surface area (Å²) in [4.78, 5) is 2.33. The minimum absolute atomic E-state index is 0.837. The molecule has 0 radical (unpaired) electrons. The van der Waals surface area contributed by atoms with E-state index in [1.807, 2.05) is 12.1 Å². The first-order valence-corrected chi connectivity index (χ1v) is 19.1. The lowest BCUT2D eigenvalue weighted by Crippen LogP contribution is -2.11. The molecule has 56 heavy (non-hydrogen) atoms. The Balaban J connectivity index is 1.02. The molecular weight excluding hydrogens is 679 g/mol. The Bertz CT molecular complexity index is 2900. The summed E-state index contributed by atoms with van der Waals surface area (Å²) in [5, 5.41) is 3.61. The largest absolute Gasteiger partial charge is 0.456 e. The molecule has 10 rings (SSSR count). The highest BCUT2D eigenvalue weighted by Crippen LogP contribution is 2.43. The number of benzene rings is 9. The molecule has 0 bridgehead atoms. The van der Waals surface area contributed by atoms with Crippen LogP contribution < -0.4 is 4.90 Å². The summed E-state index contributed by atoms with van der Waals surface area (Å²) in [6.07, 6.45) is 0. The van der Waals surface area contributed by atoms with Gasteiger partial charge in [0.2, 0.25) is 0 Å². The molecule has 0 saturated carbocycles. The normalized spacial score (nSPS) is 11.2. The molecule has 0 saturated heterocycles. The fourth-order valence-corrected chi connectivity index (χ4v) is 7.85. The van der Waals surface area contributed by atoms with Gasteiger partial charge in [-0.2, -0.15) is 0 Å². The molecule has 0 aliphatic carbocycles. The molecule has 0 aliphatic heterocycles. The second-order valence-corrected chi connectivity index (χ2v) is 14.1. The second-order valence-electron chi connectivity index (χ2n) is 14.1. The Hall–Kier alpha value is -7.42. The van der Waals surface area contributed by atoms with Crippen LogP contribution in [-0.2, 0) is 0 Å². The van der Waals surface area contributed by atoms with Crippen LogP contribution in [0.3, 0.4) is 0 Å². The third-order valence-corrected chi connectivity index (χ3v) is 10.7. The van der Waals surface area contributed by atoms with E-state index in [1.54, 1.807) is 0 Å². The zero-order valence-corrected chi connectivity index (χ0v) is 30.7. The van der Waals surface area contributed by atoms with Gasteiger partial charge in [0.15, 0.2) is 0 Å². The third-order valence-electron chi connectivity index (χ3n) is 10.7. The lowest BCUT2D eigenvalue weighted by molar-refractivity contribution is 0.631.